The minimum Gasteiger partial charge on any atom is -0.460 e. The van der Waals surface area contributed by atoms with Gasteiger partial charge < -0.3 is 9.30 Å². The predicted molar refractivity (Wildman–Crippen MR) is 135 cm³/mol. The summed E-state index contributed by atoms with van der Waals surface area (Å²) in [7, 11) is 0. The number of nitrogens with zero attached hydrogens (tertiary/aromatic N) is 4. The van der Waals surface area contributed by atoms with Crippen molar-refractivity contribution in [2.45, 2.75) is 116 Å². The topological polar surface area (TPSA) is 60.2 Å². The largest absolute Gasteiger partial charge is 0.460 e. The third kappa shape index (κ3) is 5.70. The lowest BCUT2D eigenvalue weighted by Crippen LogP contribution is -2.44. The van der Waals surface area contributed by atoms with E-state index in [2.05, 4.69) is 14.8 Å². The van der Waals surface area contributed by atoms with Crippen molar-refractivity contribution in [1.29, 1.82) is 0 Å². The Morgan fingerprint density at radius 2 is 1.82 bits per heavy atom. The Balaban J connectivity index is 1.81. The van der Waals surface area contributed by atoms with E-state index in [9.17, 15) is 11.6 Å². The molecule has 3 heterocycles. The highest BCUT2D eigenvalue weighted by molar-refractivity contribution is 5.71. The molecule has 6 nitrogen and oxygen atoms in total. The maximum absolute atomic E-state index is 13.2. The van der Waals surface area contributed by atoms with Crippen molar-refractivity contribution in [3.8, 4) is 0 Å². The molecule has 0 N–H and O–H groups in total. The fraction of sp³-hybridized carbons (Fsp3) is 0.679. The van der Waals surface area contributed by atoms with Crippen LogP contribution in [-0.2, 0) is 9.53 Å². The van der Waals surface area contributed by atoms with E-state index in [0.29, 0.717) is 25.7 Å². The van der Waals surface area contributed by atoms with E-state index in [0.717, 1.165) is 11.6 Å². The summed E-state index contributed by atoms with van der Waals surface area (Å²) < 4.78 is 95.6. The average Bonchev–Trinajstić information content (AvgIpc) is 3.42. The van der Waals surface area contributed by atoms with E-state index < -0.39 is 84.6 Å². The number of carbonyl (C=O) groups excluding carboxylic acids is 1. The van der Waals surface area contributed by atoms with Gasteiger partial charge >= 0.3 is 5.97 Å². The molecule has 2 aromatic rings. The maximum Gasteiger partial charge on any atom is 0.306 e. The molecule has 0 aliphatic carbocycles. The van der Waals surface area contributed by atoms with Gasteiger partial charge in [0.2, 0.25) is 0 Å². The van der Waals surface area contributed by atoms with Crippen LogP contribution in [0.1, 0.15) is 122 Å². The van der Waals surface area contributed by atoms with Gasteiger partial charge in [0.15, 0.2) is 0 Å². The molecule has 2 bridgehead atoms. The molecule has 34 heavy (non-hydrogen) atoms. The predicted octanol–water partition coefficient (Wildman–Crippen LogP) is 5.78. The first-order valence-corrected chi connectivity index (χ1v) is 12.1. The van der Waals surface area contributed by atoms with Gasteiger partial charge in [-0.2, -0.15) is 0 Å². The van der Waals surface area contributed by atoms with E-state index in [1.165, 1.54) is 4.90 Å². The summed E-state index contributed by atoms with van der Waals surface area (Å²) in [4.78, 5) is 14.6. The molecule has 2 unspecified atom stereocenters. The minimum atomic E-state index is -3.26. The van der Waals surface area contributed by atoms with Crippen LogP contribution in [-0.4, -0.2) is 49.8 Å². The molecule has 2 aliphatic heterocycles. The van der Waals surface area contributed by atoms with Crippen molar-refractivity contribution in [3.05, 3.63) is 47.4 Å². The lowest BCUT2D eigenvalue weighted by Gasteiger charge is -2.40. The number of hydrogen-bond acceptors (Lipinski definition) is 5. The summed E-state index contributed by atoms with van der Waals surface area (Å²) in [5.74, 6) is -2.33. The Kier molecular flexibility index (Phi) is 4.50. The first kappa shape index (κ1) is 15.0. The van der Waals surface area contributed by atoms with Crippen LogP contribution < -0.4 is 0 Å². The molecule has 6 heteroatoms. The van der Waals surface area contributed by atoms with Gasteiger partial charge in [-0.15, -0.1) is 10.2 Å². The first-order chi connectivity index (χ1) is 20.1. The Hall–Kier alpha value is -2.21. The zero-order valence-corrected chi connectivity index (χ0v) is 21.0. The standard InChI is InChI=1S/C28H42N4O2/c1-19(2)27-30-29-20(3)32(27)25-17-23-12-13-24(18-25)31(23)15-14-22(21-10-8-7-9-11-21)16-26(33)34-28(4,5)6/h7-11,19,22-25H,12-18H2,1-6H3/t22-,23?,24?,25?/m1/s1/i7D,8D,9D,10D,11D,14D2,15D2,22D. The Morgan fingerprint density at radius 1 is 1.18 bits per heavy atom. The molecule has 2 fully saturated rings. The van der Waals surface area contributed by atoms with Gasteiger partial charge in [-0.3, -0.25) is 9.69 Å². The lowest BCUT2D eigenvalue weighted by atomic mass is 9.90. The molecule has 186 valence electrons. The third-order valence-electron chi connectivity index (χ3n) is 6.36. The molecule has 0 spiro atoms. The smallest absolute Gasteiger partial charge is 0.306 e. The molecule has 2 saturated heterocycles. The van der Waals surface area contributed by atoms with Crippen molar-refractivity contribution < 1.29 is 23.2 Å². The van der Waals surface area contributed by atoms with Crippen molar-refractivity contribution in [3.63, 3.8) is 0 Å². The fourth-order valence-corrected chi connectivity index (χ4v) is 5.02. The summed E-state index contributed by atoms with van der Waals surface area (Å²) in [5, 5.41) is 8.60. The van der Waals surface area contributed by atoms with Gasteiger partial charge in [-0.1, -0.05) is 44.1 Å². The van der Waals surface area contributed by atoms with E-state index in [1.54, 1.807) is 20.8 Å². The number of benzene rings is 1. The van der Waals surface area contributed by atoms with Crippen molar-refractivity contribution in [2.75, 3.05) is 6.50 Å². The highest BCUT2D eigenvalue weighted by Gasteiger charge is 2.42. The second-order valence-electron chi connectivity index (χ2n) is 10.5. The molecular formula is C28H42N4O2. The van der Waals surface area contributed by atoms with Gasteiger partial charge in [-0.25, -0.2) is 0 Å². The van der Waals surface area contributed by atoms with Crippen LogP contribution in [0.5, 0.6) is 0 Å². The summed E-state index contributed by atoms with van der Waals surface area (Å²) in [6.07, 6.45) is -2.20. The number of piperidine rings is 1. The van der Waals surface area contributed by atoms with Crippen molar-refractivity contribution in [2.24, 2.45) is 0 Å². The SMILES string of the molecule is [2H]c1c([2H])c([2H])c([C@@]([2H])(CC(=O)OC(C)(C)C)C([2H])([2H])C([2H])([2H])N2C3CCC2CC(n2c(C)nnc2C(C)C)C3)c([2H])c1[2H]. The fourth-order valence-electron chi connectivity index (χ4n) is 5.02. The van der Waals surface area contributed by atoms with Gasteiger partial charge in [0.05, 0.1) is 13.3 Å². The summed E-state index contributed by atoms with van der Waals surface area (Å²) in [5.41, 5.74) is -1.81. The normalized spacial score (nSPS) is 29.9. The van der Waals surface area contributed by atoms with E-state index in [1.807, 2.05) is 20.8 Å². The zero-order valence-electron chi connectivity index (χ0n) is 31.0. The second kappa shape index (κ2) is 10.2. The average molecular weight is 477 g/mol. The number of esters is 1. The van der Waals surface area contributed by atoms with Crippen LogP contribution >= 0.6 is 0 Å². The number of hydrogen-bond donors (Lipinski definition) is 0. The number of aromatic nitrogens is 3. The maximum atomic E-state index is 13.2. The van der Waals surface area contributed by atoms with Gasteiger partial charge in [0.1, 0.15) is 17.2 Å². The number of aryl methyl sites for hydroxylation is 1. The Morgan fingerprint density at radius 3 is 2.41 bits per heavy atom. The molecule has 4 rings (SSSR count). The van der Waals surface area contributed by atoms with Crippen LogP contribution in [0.25, 0.3) is 0 Å². The molecular weight excluding hydrogens is 424 g/mol. The van der Waals surface area contributed by atoms with Gasteiger partial charge in [0, 0.05) is 30.9 Å². The molecule has 1 aromatic carbocycles. The Bertz CT molecular complexity index is 1400. The number of carbonyl (C=O) groups is 1. The molecule has 0 amide bonds. The summed E-state index contributed by atoms with van der Waals surface area (Å²) >= 11 is 0. The van der Waals surface area contributed by atoms with E-state index in [-0.39, 0.29) is 12.0 Å². The van der Waals surface area contributed by atoms with Crippen LogP contribution in [0, 0.1) is 6.92 Å². The zero-order chi connectivity index (χ0) is 33.3. The molecule has 1 aromatic heterocycles. The third-order valence-corrected chi connectivity index (χ3v) is 6.36. The first-order valence-electron chi connectivity index (χ1n) is 17.1. The Labute approximate surface area is 219 Å². The number of ether oxygens (including phenoxy) is 1. The molecule has 2 aliphatic rings. The second-order valence-corrected chi connectivity index (χ2v) is 10.5. The lowest BCUT2D eigenvalue weighted by molar-refractivity contribution is -0.155. The monoisotopic (exact) mass is 476 g/mol. The molecule has 3 atom stereocenters. The number of rotatable bonds is 8. The quantitative estimate of drug-likeness (QED) is 0.452. The highest BCUT2D eigenvalue weighted by atomic mass is 16.6. The van der Waals surface area contributed by atoms with Gasteiger partial charge in [0.25, 0.3) is 0 Å². The molecule has 0 radical (unpaired) electrons. The summed E-state index contributed by atoms with van der Waals surface area (Å²) in [6.45, 7) is 7.77. The van der Waals surface area contributed by atoms with Crippen LogP contribution in [0.15, 0.2) is 30.2 Å². The minimum absolute atomic E-state index is 0.0404. The molecule has 0 saturated carbocycles. The van der Waals surface area contributed by atoms with Crippen LogP contribution in [0.4, 0.5) is 0 Å². The highest BCUT2D eigenvalue weighted by Crippen LogP contribution is 2.42. The van der Waals surface area contributed by atoms with Crippen LogP contribution in [0.3, 0.4) is 0 Å². The van der Waals surface area contributed by atoms with E-state index in [4.69, 9.17) is 11.6 Å². The summed E-state index contributed by atoms with van der Waals surface area (Å²) in [6, 6.07) is -4.94. The van der Waals surface area contributed by atoms with Crippen LogP contribution in [0.2, 0.25) is 0 Å². The number of fused-ring (bicyclic) bond motifs is 2. The van der Waals surface area contributed by atoms with Crippen molar-refractivity contribution in [1.82, 2.24) is 19.7 Å². The van der Waals surface area contributed by atoms with Gasteiger partial charge in [-0.05, 0) is 77.7 Å². The van der Waals surface area contributed by atoms with Crippen molar-refractivity contribution >= 4 is 5.97 Å². The van der Waals surface area contributed by atoms with E-state index >= 15 is 0 Å².